The van der Waals surface area contributed by atoms with Crippen LogP contribution in [0.3, 0.4) is 0 Å². The molecule has 1 aromatic heterocycles. The van der Waals surface area contributed by atoms with Crippen molar-refractivity contribution in [3.8, 4) is 0 Å². The quantitative estimate of drug-likeness (QED) is 0.622. The van der Waals surface area contributed by atoms with E-state index in [1.165, 1.54) is 6.92 Å². The SMILES string of the molecule is C[C@H](C1CC1)N(Cc1ccccc1)C(=O)CS(=O)(=O)[C@@H](C)c1nc(C2CC2)no1. The first-order chi connectivity index (χ1) is 13.8. The second-order valence-corrected chi connectivity index (χ2v) is 10.6. The molecule has 1 heterocycles. The molecule has 7 nitrogen and oxygen atoms in total. The van der Waals surface area contributed by atoms with E-state index in [4.69, 9.17) is 4.52 Å². The highest BCUT2D eigenvalue weighted by atomic mass is 32.2. The van der Waals surface area contributed by atoms with Gasteiger partial charge in [0, 0.05) is 18.5 Å². The van der Waals surface area contributed by atoms with Crippen LogP contribution in [0, 0.1) is 5.92 Å². The third-order valence-electron chi connectivity index (χ3n) is 5.92. The first-order valence-corrected chi connectivity index (χ1v) is 11.9. The Hall–Kier alpha value is -2.22. The third kappa shape index (κ3) is 4.69. The first kappa shape index (κ1) is 20.1. The molecule has 2 aliphatic carbocycles. The van der Waals surface area contributed by atoms with E-state index in [0.717, 1.165) is 31.2 Å². The number of sulfone groups is 1. The number of rotatable bonds is 9. The zero-order chi connectivity index (χ0) is 20.6. The molecule has 2 atom stereocenters. The van der Waals surface area contributed by atoms with Gasteiger partial charge in [0.2, 0.25) is 11.8 Å². The Kier molecular flexibility index (Phi) is 5.46. The third-order valence-corrected chi connectivity index (χ3v) is 7.85. The average Bonchev–Trinajstić information content (AvgIpc) is 3.63. The summed E-state index contributed by atoms with van der Waals surface area (Å²) < 4.78 is 31.0. The highest BCUT2D eigenvalue weighted by molar-refractivity contribution is 7.92. The summed E-state index contributed by atoms with van der Waals surface area (Å²) in [6, 6.07) is 9.69. The van der Waals surface area contributed by atoms with Crippen LogP contribution in [0.5, 0.6) is 0 Å². The summed E-state index contributed by atoms with van der Waals surface area (Å²) in [6.07, 6.45) is 4.17. The number of benzene rings is 1. The van der Waals surface area contributed by atoms with E-state index in [0.29, 0.717) is 18.3 Å². The maximum atomic E-state index is 13.1. The van der Waals surface area contributed by atoms with Gasteiger partial charge in [0.25, 0.3) is 0 Å². The van der Waals surface area contributed by atoms with Gasteiger partial charge in [0.15, 0.2) is 15.7 Å². The van der Waals surface area contributed by atoms with E-state index in [2.05, 4.69) is 10.1 Å². The van der Waals surface area contributed by atoms with E-state index in [1.54, 1.807) is 4.90 Å². The van der Waals surface area contributed by atoms with Crippen LogP contribution in [0.2, 0.25) is 0 Å². The van der Waals surface area contributed by atoms with Crippen LogP contribution in [-0.2, 0) is 21.2 Å². The number of nitrogens with zero attached hydrogens (tertiary/aromatic N) is 3. The van der Waals surface area contributed by atoms with E-state index in [1.807, 2.05) is 37.3 Å². The van der Waals surface area contributed by atoms with Gasteiger partial charge >= 0.3 is 0 Å². The number of aromatic nitrogens is 2. The molecule has 0 unspecified atom stereocenters. The standard InChI is InChI=1S/C21H27N3O4S/c1-14(17-8-9-17)24(12-16-6-4-3-5-7-16)19(25)13-29(26,27)15(2)21-22-20(23-28-21)18-10-11-18/h3-7,14-15,17-18H,8-13H2,1-2H3/t14-,15+/m1/s1. The number of amides is 1. The predicted octanol–water partition coefficient (Wildman–Crippen LogP) is 3.25. The minimum Gasteiger partial charge on any atom is -0.338 e. The minimum atomic E-state index is -3.77. The van der Waals surface area contributed by atoms with Crippen molar-refractivity contribution < 1.29 is 17.7 Å². The van der Waals surface area contributed by atoms with Crippen LogP contribution >= 0.6 is 0 Å². The van der Waals surface area contributed by atoms with Crippen LogP contribution in [0.4, 0.5) is 0 Å². The Morgan fingerprint density at radius 1 is 1.17 bits per heavy atom. The minimum absolute atomic E-state index is 0.0121. The summed E-state index contributed by atoms with van der Waals surface area (Å²) in [5, 5.41) is 2.90. The summed E-state index contributed by atoms with van der Waals surface area (Å²) in [4.78, 5) is 19.0. The van der Waals surface area contributed by atoms with Gasteiger partial charge in [0.1, 0.15) is 11.0 Å². The molecule has 29 heavy (non-hydrogen) atoms. The monoisotopic (exact) mass is 417 g/mol. The Balaban J connectivity index is 1.48. The van der Waals surface area contributed by atoms with Crippen molar-refractivity contribution in [1.29, 1.82) is 0 Å². The summed E-state index contributed by atoms with van der Waals surface area (Å²) in [5.74, 6) is 0.441. The molecule has 1 amide bonds. The number of carbonyl (C=O) groups excluding carboxylic acids is 1. The van der Waals surface area contributed by atoms with Crippen molar-refractivity contribution in [2.24, 2.45) is 5.92 Å². The molecule has 0 bridgehead atoms. The fraction of sp³-hybridized carbons (Fsp3) is 0.571. The molecule has 0 aliphatic heterocycles. The summed E-state index contributed by atoms with van der Waals surface area (Å²) in [7, 11) is -3.77. The van der Waals surface area contributed by atoms with Crippen LogP contribution in [-0.4, -0.2) is 41.2 Å². The van der Waals surface area contributed by atoms with Gasteiger partial charge in [-0.25, -0.2) is 8.42 Å². The van der Waals surface area contributed by atoms with Gasteiger partial charge in [-0.3, -0.25) is 4.79 Å². The second kappa shape index (κ2) is 7.89. The molecule has 2 saturated carbocycles. The Labute approximate surface area is 171 Å². The largest absolute Gasteiger partial charge is 0.338 e. The maximum Gasteiger partial charge on any atom is 0.244 e. The summed E-state index contributed by atoms with van der Waals surface area (Å²) >= 11 is 0. The number of carbonyl (C=O) groups is 1. The number of hydrogen-bond acceptors (Lipinski definition) is 6. The normalized spacial score (nSPS) is 19.0. The van der Waals surface area contributed by atoms with Gasteiger partial charge in [0.05, 0.1) is 0 Å². The molecule has 4 rings (SSSR count). The molecule has 8 heteroatoms. The van der Waals surface area contributed by atoms with Crippen LogP contribution in [0.25, 0.3) is 0 Å². The van der Waals surface area contributed by atoms with E-state index < -0.39 is 20.8 Å². The van der Waals surface area contributed by atoms with Crippen molar-refractivity contribution in [2.45, 2.75) is 63.3 Å². The molecular weight excluding hydrogens is 390 g/mol. The molecule has 156 valence electrons. The van der Waals surface area contributed by atoms with Crippen LogP contribution in [0.1, 0.15) is 68.0 Å². The van der Waals surface area contributed by atoms with Crippen molar-refractivity contribution in [3.05, 3.63) is 47.6 Å². The van der Waals surface area contributed by atoms with E-state index in [9.17, 15) is 13.2 Å². The zero-order valence-electron chi connectivity index (χ0n) is 16.8. The topological polar surface area (TPSA) is 93.4 Å². The zero-order valence-corrected chi connectivity index (χ0v) is 17.6. The van der Waals surface area contributed by atoms with Crippen molar-refractivity contribution in [2.75, 3.05) is 5.75 Å². The fourth-order valence-corrected chi connectivity index (χ4v) is 4.69. The lowest BCUT2D eigenvalue weighted by Crippen LogP contribution is -2.42. The molecule has 0 saturated heterocycles. The number of hydrogen-bond donors (Lipinski definition) is 0. The lowest BCUT2D eigenvalue weighted by molar-refractivity contribution is -0.131. The molecule has 1 aromatic carbocycles. The van der Waals surface area contributed by atoms with E-state index >= 15 is 0 Å². The van der Waals surface area contributed by atoms with Gasteiger partial charge in [-0.1, -0.05) is 35.5 Å². The summed E-state index contributed by atoms with van der Waals surface area (Å²) in [5.41, 5.74) is 0.991. The highest BCUT2D eigenvalue weighted by Gasteiger charge is 2.38. The van der Waals surface area contributed by atoms with Crippen molar-refractivity contribution >= 4 is 15.7 Å². The van der Waals surface area contributed by atoms with Crippen LogP contribution < -0.4 is 0 Å². The van der Waals surface area contributed by atoms with Crippen molar-refractivity contribution in [3.63, 3.8) is 0 Å². The average molecular weight is 418 g/mol. The fourth-order valence-electron chi connectivity index (χ4n) is 3.53. The van der Waals surface area contributed by atoms with Gasteiger partial charge in [-0.15, -0.1) is 0 Å². The molecule has 2 aromatic rings. The molecule has 2 fully saturated rings. The lowest BCUT2D eigenvalue weighted by Gasteiger charge is -2.30. The summed E-state index contributed by atoms with van der Waals surface area (Å²) in [6.45, 7) is 3.93. The van der Waals surface area contributed by atoms with Gasteiger partial charge < -0.3 is 9.42 Å². The van der Waals surface area contributed by atoms with Crippen molar-refractivity contribution in [1.82, 2.24) is 15.0 Å². The Morgan fingerprint density at radius 3 is 2.48 bits per heavy atom. The van der Waals surface area contributed by atoms with E-state index in [-0.39, 0.29) is 23.8 Å². The first-order valence-electron chi connectivity index (χ1n) is 10.2. The van der Waals surface area contributed by atoms with Crippen LogP contribution in [0.15, 0.2) is 34.9 Å². The van der Waals surface area contributed by atoms with Gasteiger partial charge in [-0.2, -0.15) is 4.98 Å². The maximum absolute atomic E-state index is 13.1. The smallest absolute Gasteiger partial charge is 0.244 e. The highest BCUT2D eigenvalue weighted by Crippen LogP contribution is 2.39. The molecule has 0 N–H and O–H groups in total. The molecule has 2 aliphatic rings. The lowest BCUT2D eigenvalue weighted by atomic mass is 10.1. The second-order valence-electron chi connectivity index (χ2n) is 8.30. The Morgan fingerprint density at radius 2 is 1.86 bits per heavy atom. The van der Waals surface area contributed by atoms with Gasteiger partial charge in [-0.05, 0) is 51.0 Å². The molecule has 0 spiro atoms. The predicted molar refractivity (Wildman–Crippen MR) is 108 cm³/mol. The molecule has 0 radical (unpaired) electrons. The Bertz CT molecular complexity index is 965. The molecular formula is C21H27N3O4S.